The normalized spacial score (nSPS) is 14.8. The summed E-state index contributed by atoms with van der Waals surface area (Å²) in [6.07, 6.45) is 3.64. The fourth-order valence-electron chi connectivity index (χ4n) is 1.56. The van der Waals surface area contributed by atoms with Crippen LogP contribution in [0.15, 0.2) is 29.6 Å². The molecule has 0 bridgehead atoms. The van der Waals surface area contributed by atoms with Crippen LogP contribution in [0.4, 0.5) is 0 Å². The number of aromatic nitrogens is 3. The molecule has 0 amide bonds. The first-order chi connectivity index (χ1) is 6.45. The lowest BCUT2D eigenvalue weighted by atomic mass is 10.3. The molecule has 0 fully saturated rings. The van der Waals surface area contributed by atoms with Crippen LogP contribution in [-0.4, -0.2) is 15.8 Å². The number of fused-ring (bicyclic) bond motifs is 3. The van der Waals surface area contributed by atoms with E-state index < -0.39 is 0 Å². The van der Waals surface area contributed by atoms with E-state index in [2.05, 4.69) is 20.8 Å². The van der Waals surface area contributed by atoms with Gasteiger partial charge in [-0.25, -0.2) is 0 Å². The van der Waals surface area contributed by atoms with E-state index in [1.807, 2.05) is 24.0 Å². The molecule has 1 aliphatic heterocycles. The molecule has 1 aliphatic rings. The van der Waals surface area contributed by atoms with E-state index in [-0.39, 0.29) is 0 Å². The van der Waals surface area contributed by atoms with Gasteiger partial charge in [0.2, 0.25) is 0 Å². The van der Waals surface area contributed by atoms with Crippen LogP contribution in [0.5, 0.6) is 0 Å². The van der Waals surface area contributed by atoms with Gasteiger partial charge in [0, 0.05) is 6.20 Å². The van der Waals surface area contributed by atoms with Gasteiger partial charge < -0.3 is 0 Å². The number of hydrogen-bond acceptors (Lipinski definition) is 3. The second kappa shape index (κ2) is 2.67. The van der Waals surface area contributed by atoms with Crippen LogP contribution in [-0.2, 0) is 6.54 Å². The Morgan fingerprint density at radius 1 is 1.46 bits per heavy atom. The van der Waals surface area contributed by atoms with Crippen molar-refractivity contribution in [2.45, 2.75) is 11.6 Å². The van der Waals surface area contributed by atoms with Crippen LogP contribution in [0.25, 0.3) is 10.9 Å². The fourth-order valence-corrected chi connectivity index (χ4v) is 2.63. The monoisotopic (exact) mass is 190 g/mol. The van der Waals surface area contributed by atoms with Gasteiger partial charge in [0.15, 0.2) is 6.54 Å². The summed E-state index contributed by atoms with van der Waals surface area (Å²) in [5.41, 5.74) is 0.989. The second-order valence-electron chi connectivity index (χ2n) is 2.96. The SMILES string of the molecule is c1cnc2cn[n+]3c(c2c1)SCC3. The lowest BCUT2D eigenvalue weighted by Gasteiger charge is -1.94. The van der Waals surface area contributed by atoms with Crippen LogP contribution in [0.2, 0.25) is 0 Å². The largest absolute Gasteiger partial charge is 0.275 e. The van der Waals surface area contributed by atoms with Crippen molar-refractivity contribution in [2.24, 2.45) is 0 Å². The summed E-state index contributed by atoms with van der Waals surface area (Å²) in [6.45, 7) is 1.02. The molecule has 4 heteroatoms. The first kappa shape index (κ1) is 7.26. The molecule has 3 rings (SSSR count). The van der Waals surface area contributed by atoms with Crippen molar-refractivity contribution in [3.63, 3.8) is 0 Å². The molecule has 0 saturated heterocycles. The van der Waals surface area contributed by atoms with Crippen LogP contribution < -0.4 is 4.68 Å². The van der Waals surface area contributed by atoms with Gasteiger partial charge in [-0.15, -0.1) is 0 Å². The summed E-state index contributed by atoms with van der Waals surface area (Å²) < 4.78 is 2.05. The Balaban J connectivity index is 2.43. The molecular formula is C9H8N3S+. The van der Waals surface area contributed by atoms with Crippen LogP contribution in [0, 0.1) is 0 Å². The Morgan fingerprint density at radius 3 is 3.46 bits per heavy atom. The highest BCUT2D eigenvalue weighted by atomic mass is 32.2. The molecule has 0 unspecified atom stereocenters. The Kier molecular flexibility index (Phi) is 1.49. The Hall–Kier alpha value is -1.16. The zero-order chi connectivity index (χ0) is 8.67. The molecule has 0 aromatic carbocycles. The quantitative estimate of drug-likeness (QED) is 0.581. The predicted molar refractivity (Wildman–Crippen MR) is 50.5 cm³/mol. The first-order valence-electron chi connectivity index (χ1n) is 4.22. The van der Waals surface area contributed by atoms with Gasteiger partial charge in [0.1, 0.15) is 11.7 Å². The molecule has 0 radical (unpaired) electrons. The molecule has 0 aliphatic carbocycles. The summed E-state index contributed by atoms with van der Waals surface area (Å²) in [4.78, 5) is 4.27. The first-order valence-corrected chi connectivity index (χ1v) is 5.20. The number of pyridine rings is 1. The molecule has 0 saturated carbocycles. The Morgan fingerprint density at radius 2 is 2.46 bits per heavy atom. The number of nitrogens with zero attached hydrogens (tertiary/aromatic N) is 3. The maximum absolute atomic E-state index is 4.32. The maximum atomic E-state index is 4.32. The van der Waals surface area contributed by atoms with E-state index in [1.165, 1.54) is 10.4 Å². The third kappa shape index (κ3) is 1.02. The minimum Gasteiger partial charge on any atom is -0.254 e. The smallest absolute Gasteiger partial charge is 0.254 e. The summed E-state index contributed by atoms with van der Waals surface area (Å²) in [5.74, 6) is 1.13. The van der Waals surface area contributed by atoms with Gasteiger partial charge in [-0.1, -0.05) is 4.68 Å². The van der Waals surface area contributed by atoms with Crippen molar-refractivity contribution in [1.29, 1.82) is 0 Å². The lowest BCUT2D eigenvalue weighted by molar-refractivity contribution is -0.777. The average Bonchev–Trinajstić information content (AvgIpc) is 2.65. The summed E-state index contributed by atoms with van der Waals surface area (Å²) in [5, 5.41) is 6.80. The highest BCUT2D eigenvalue weighted by molar-refractivity contribution is 7.99. The fraction of sp³-hybridized carbons (Fsp3) is 0.222. The molecule has 0 spiro atoms. The molecule has 0 atom stereocenters. The lowest BCUT2D eigenvalue weighted by Crippen LogP contribution is -2.37. The summed E-state index contributed by atoms with van der Waals surface area (Å²) in [7, 11) is 0. The molecule has 0 N–H and O–H groups in total. The zero-order valence-corrected chi connectivity index (χ0v) is 7.79. The number of hydrogen-bond donors (Lipinski definition) is 0. The molecule has 64 valence electrons. The molecule has 13 heavy (non-hydrogen) atoms. The molecule has 2 aromatic rings. The minimum absolute atomic E-state index is 0.989. The van der Waals surface area contributed by atoms with E-state index in [4.69, 9.17) is 0 Å². The standard InChI is InChI=1S/C9H8N3S/c1-2-7-8(10-3-1)6-11-12-4-5-13-9(7)12/h1-3,6H,4-5H2/q+1. The number of rotatable bonds is 0. The third-order valence-corrected chi connectivity index (χ3v) is 3.26. The van der Waals surface area contributed by atoms with Gasteiger partial charge in [-0.2, -0.15) is 0 Å². The number of thioether (sulfide) groups is 1. The number of aryl methyl sites for hydroxylation is 1. The van der Waals surface area contributed by atoms with E-state index in [1.54, 1.807) is 6.20 Å². The maximum Gasteiger partial charge on any atom is 0.275 e. The summed E-state index contributed by atoms with van der Waals surface area (Å²) in [6, 6.07) is 4.08. The van der Waals surface area contributed by atoms with Gasteiger partial charge in [0.05, 0.1) is 11.1 Å². The van der Waals surface area contributed by atoms with Gasteiger partial charge >= 0.3 is 0 Å². The van der Waals surface area contributed by atoms with E-state index >= 15 is 0 Å². The van der Waals surface area contributed by atoms with Crippen molar-refractivity contribution in [3.05, 3.63) is 24.5 Å². The van der Waals surface area contributed by atoms with Crippen molar-refractivity contribution in [3.8, 4) is 0 Å². The Labute approximate surface area is 79.8 Å². The molecular weight excluding hydrogens is 182 g/mol. The van der Waals surface area contributed by atoms with Crippen molar-refractivity contribution >= 4 is 22.7 Å². The van der Waals surface area contributed by atoms with Gasteiger partial charge in [0.25, 0.3) is 5.03 Å². The Bertz CT molecular complexity index is 469. The molecule has 3 heterocycles. The zero-order valence-electron chi connectivity index (χ0n) is 6.97. The highest BCUT2D eigenvalue weighted by Gasteiger charge is 2.24. The van der Waals surface area contributed by atoms with E-state index in [9.17, 15) is 0 Å². The molecule has 3 nitrogen and oxygen atoms in total. The topological polar surface area (TPSA) is 29.7 Å². The highest BCUT2D eigenvalue weighted by Crippen LogP contribution is 2.25. The van der Waals surface area contributed by atoms with Crippen LogP contribution in [0.1, 0.15) is 0 Å². The third-order valence-electron chi connectivity index (χ3n) is 2.16. The van der Waals surface area contributed by atoms with Gasteiger partial charge in [-0.3, -0.25) is 4.98 Å². The second-order valence-corrected chi connectivity index (χ2v) is 4.04. The van der Waals surface area contributed by atoms with Crippen molar-refractivity contribution in [2.75, 3.05) is 5.75 Å². The minimum atomic E-state index is 0.989. The average molecular weight is 190 g/mol. The van der Waals surface area contributed by atoms with Crippen LogP contribution >= 0.6 is 11.8 Å². The predicted octanol–water partition coefficient (Wildman–Crippen LogP) is 1.02. The van der Waals surface area contributed by atoms with Crippen LogP contribution in [0.3, 0.4) is 0 Å². The summed E-state index contributed by atoms with van der Waals surface area (Å²) >= 11 is 1.86. The molecule has 2 aromatic heterocycles. The van der Waals surface area contributed by atoms with Gasteiger partial charge in [-0.05, 0) is 29.0 Å². The van der Waals surface area contributed by atoms with Crippen molar-refractivity contribution in [1.82, 2.24) is 10.1 Å². The van der Waals surface area contributed by atoms with Crippen molar-refractivity contribution < 1.29 is 4.68 Å². The van der Waals surface area contributed by atoms with E-state index in [0.717, 1.165) is 17.8 Å². The van der Waals surface area contributed by atoms with E-state index in [0.29, 0.717) is 0 Å².